The lowest BCUT2D eigenvalue weighted by atomic mass is 10.0. The fourth-order valence-corrected chi connectivity index (χ4v) is 3.98. The highest BCUT2D eigenvalue weighted by molar-refractivity contribution is 6.06. The van der Waals surface area contributed by atoms with Crippen molar-refractivity contribution in [2.45, 2.75) is 18.9 Å². The van der Waals surface area contributed by atoms with Crippen LogP contribution in [0, 0.1) is 11.7 Å². The smallest absolute Gasteiger partial charge is 0.344 e. The molecule has 2 aliphatic heterocycles. The van der Waals surface area contributed by atoms with Crippen molar-refractivity contribution in [1.29, 1.82) is 0 Å². The van der Waals surface area contributed by atoms with Crippen LogP contribution in [0.2, 0.25) is 0 Å². The Morgan fingerprint density at radius 1 is 1.13 bits per heavy atom. The summed E-state index contributed by atoms with van der Waals surface area (Å²) in [4.78, 5) is 40.3. The van der Waals surface area contributed by atoms with E-state index in [-0.39, 0.29) is 23.4 Å². The summed E-state index contributed by atoms with van der Waals surface area (Å²) in [5.41, 5.74) is 1.66. The van der Waals surface area contributed by atoms with Gasteiger partial charge in [-0.05, 0) is 42.7 Å². The molecule has 2 aromatic rings. The predicted molar refractivity (Wildman–Crippen MR) is 111 cm³/mol. The fourth-order valence-electron chi connectivity index (χ4n) is 3.98. The van der Waals surface area contributed by atoms with E-state index in [1.807, 2.05) is 0 Å². The summed E-state index contributed by atoms with van der Waals surface area (Å²) in [6.45, 7) is 0.785. The van der Waals surface area contributed by atoms with E-state index in [1.165, 1.54) is 18.2 Å². The number of hydrogen-bond donors (Lipinski definition) is 0. The number of fused-ring (bicyclic) bond motifs is 1. The molecule has 0 aromatic heterocycles. The van der Waals surface area contributed by atoms with E-state index < -0.39 is 17.7 Å². The molecule has 31 heavy (non-hydrogen) atoms. The summed E-state index contributed by atoms with van der Waals surface area (Å²) < 4.78 is 19.8. The predicted octanol–water partition coefficient (Wildman–Crippen LogP) is 3.19. The molecule has 1 saturated heterocycles. The number of rotatable bonds is 4. The molecule has 0 atom stereocenters. The number of hydrogen-bond acceptors (Lipinski definition) is 4. The number of benzene rings is 2. The van der Waals surface area contributed by atoms with E-state index in [1.54, 1.807) is 47.2 Å². The maximum atomic E-state index is 14.4. The molecule has 3 aliphatic rings. The number of ether oxygens (including phenoxy) is 1. The van der Waals surface area contributed by atoms with Gasteiger partial charge in [-0.25, -0.2) is 9.18 Å². The topological polar surface area (TPSA) is 66.9 Å². The number of cyclic esters (lactones) is 1. The fraction of sp³-hybridized carbons (Fsp3) is 0.292. The van der Waals surface area contributed by atoms with Gasteiger partial charge in [-0.1, -0.05) is 24.3 Å². The van der Waals surface area contributed by atoms with E-state index in [9.17, 15) is 18.8 Å². The molecule has 0 spiro atoms. The Hall–Kier alpha value is -3.48. The van der Waals surface area contributed by atoms with Gasteiger partial charge < -0.3 is 14.5 Å². The molecule has 0 radical (unpaired) electrons. The van der Waals surface area contributed by atoms with E-state index in [2.05, 4.69) is 0 Å². The van der Waals surface area contributed by atoms with E-state index in [0.717, 1.165) is 12.8 Å². The van der Waals surface area contributed by atoms with Gasteiger partial charge in [0.15, 0.2) is 0 Å². The normalized spacial score (nSPS) is 19.1. The average Bonchev–Trinajstić information content (AvgIpc) is 3.53. The first-order valence-electron chi connectivity index (χ1n) is 10.3. The average molecular weight is 420 g/mol. The summed E-state index contributed by atoms with van der Waals surface area (Å²) in [7, 11) is 1.77. The summed E-state index contributed by atoms with van der Waals surface area (Å²) in [6, 6.07) is 11.2. The van der Waals surface area contributed by atoms with Crippen LogP contribution in [-0.2, 0) is 9.53 Å². The molecule has 1 aliphatic carbocycles. The van der Waals surface area contributed by atoms with E-state index in [0.29, 0.717) is 35.5 Å². The highest BCUT2D eigenvalue weighted by atomic mass is 19.1. The first kappa shape index (κ1) is 19.5. The van der Waals surface area contributed by atoms with Crippen molar-refractivity contribution in [1.82, 2.24) is 9.80 Å². The third kappa shape index (κ3) is 3.50. The minimum Gasteiger partial charge on any atom is -0.422 e. The zero-order valence-electron chi connectivity index (χ0n) is 17.0. The van der Waals surface area contributed by atoms with Gasteiger partial charge in [0.2, 0.25) is 5.91 Å². The molecule has 158 valence electrons. The molecule has 0 unspecified atom stereocenters. The van der Waals surface area contributed by atoms with Gasteiger partial charge in [0.25, 0.3) is 5.91 Å². The summed E-state index contributed by atoms with van der Waals surface area (Å²) in [6.07, 6.45) is 3.50. The van der Waals surface area contributed by atoms with Crippen molar-refractivity contribution in [3.63, 3.8) is 0 Å². The van der Waals surface area contributed by atoms with Crippen LogP contribution in [0.4, 0.5) is 4.39 Å². The quantitative estimate of drug-likeness (QED) is 0.713. The van der Waals surface area contributed by atoms with E-state index in [4.69, 9.17) is 4.74 Å². The number of carbonyl (C=O) groups excluding carboxylic acids is 3. The van der Waals surface area contributed by atoms with Crippen molar-refractivity contribution < 1.29 is 23.5 Å². The maximum absolute atomic E-state index is 14.4. The second-order valence-corrected chi connectivity index (χ2v) is 8.27. The minimum atomic E-state index is -0.609. The summed E-state index contributed by atoms with van der Waals surface area (Å²) in [5, 5.41) is 0. The van der Waals surface area contributed by atoms with Crippen LogP contribution >= 0.6 is 0 Å². The molecule has 6 nitrogen and oxygen atoms in total. The van der Waals surface area contributed by atoms with Gasteiger partial charge in [-0.3, -0.25) is 9.59 Å². The van der Waals surface area contributed by atoms with Crippen molar-refractivity contribution in [3.8, 4) is 0 Å². The van der Waals surface area contributed by atoms with Gasteiger partial charge >= 0.3 is 5.97 Å². The highest BCUT2D eigenvalue weighted by Crippen LogP contribution is 2.33. The Kier molecular flexibility index (Phi) is 4.61. The molecule has 1 saturated carbocycles. The number of amides is 2. The molecular formula is C24H21FN2O4. The third-order valence-electron chi connectivity index (χ3n) is 6.11. The monoisotopic (exact) mass is 420 g/mol. The molecule has 5 rings (SSSR count). The molecule has 2 aromatic carbocycles. The van der Waals surface area contributed by atoms with Gasteiger partial charge in [-0.15, -0.1) is 0 Å². The Balaban J connectivity index is 1.32. The summed E-state index contributed by atoms with van der Waals surface area (Å²) >= 11 is 0. The van der Waals surface area contributed by atoms with Crippen LogP contribution in [0.15, 0.2) is 42.5 Å². The van der Waals surface area contributed by atoms with Crippen molar-refractivity contribution in [2.75, 3.05) is 20.1 Å². The summed E-state index contributed by atoms with van der Waals surface area (Å²) in [5.74, 6) is -0.825. The first-order chi connectivity index (χ1) is 14.9. The zero-order valence-corrected chi connectivity index (χ0v) is 17.0. The first-order valence-corrected chi connectivity index (χ1v) is 10.3. The Bertz CT molecular complexity index is 1130. The number of halogens is 1. The lowest BCUT2D eigenvalue weighted by Crippen LogP contribution is -2.61. The van der Waals surface area contributed by atoms with Crippen molar-refractivity contribution in [3.05, 3.63) is 70.5 Å². The largest absolute Gasteiger partial charge is 0.422 e. The van der Waals surface area contributed by atoms with Gasteiger partial charge in [0, 0.05) is 31.6 Å². The number of esters is 1. The van der Waals surface area contributed by atoms with E-state index >= 15 is 0 Å². The van der Waals surface area contributed by atoms with Crippen LogP contribution in [0.5, 0.6) is 0 Å². The highest BCUT2D eigenvalue weighted by Gasteiger charge is 2.40. The molecule has 2 fully saturated rings. The molecule has 2 amide bonds. The van der Waals surface area contributed by atoms with Crippen LogP contribution in [-0.4, -0.2) is 53.8 Å². The van der Waals surface area contributed by atoms with Crippen LogP contribution in [0.25, 0.3) is 11.8 Å². The van der Waals surface area contributed by atoms with Gasteiger partial charge in [-0.2, -0.15) is 0 Å². The maximum Gasteiger partial charge on any atom is 0.344 e. The number of likely N-dealkylation sites (N-methyl/N-ethyl adjacent to an activating group) is 1. The zero-order chi connectivity index (χ0) is 21.7. The standard InChI is InChI=1S/C24H21FN2O4/c1-26(22(28)15-7-8-15)16-12-27(13-16)23(29)19-10-14(6-9-20(19)25)11-21-17-4-2-3-5-18(17)24(30)31-21/h2-6,9-11,15-16H,7-8,12-13H2,1H3. The molecule has 0 bridgehead atoms. The number of likely N-dealkylation sites (tertiary alicyclic amines) is 1. The molecule has 2 heterocycles. The number of carbonyl (C=O) groups is 3. The van der Waals surface area contributed by atoms with Crippen LogP contribution < -0.4 is 0 Å². The lowest BCUT2D eigenvalue weighted by Gasteiger charge is -2.44. The Morgan fingerprint density at radius 3 is 2.55 bits per heavy atom. The SMILES string of the molecule is CN(C(=O)C1CC1)C1CN(C(=O)c2cc(C=C3OC(=O)c4ccccc43)ccc2F)C1. The van der Waals surface area contributed by atoms with Gasteiger partial charge in [0.1, 0.15) is 11.6 Å². The van der Waals surface area contributed by atoms with Crippen LogP contribution in [0.3, 0.4) is 0 Å². The van der Waals surface area contributed by atoms with Crippen LogP contribution in [0.1, 0.15) is 44.7 Å². The Morgan fingerprint density at radius 2 is 1.84 bits per heavy atom. The third-order valence-corrected chi connectivity index (χ3v) is 6.11. The second kappa shape index (κ2) is 7.34. The molecular weight excluding hydrogens is 399 g/mol. The van der Waals surface area contributed by atoms with Gasteiger partial charge in [0.05, 0.1) is 17.2 Å². The number of nitrogens with zero attached hydrogens (tertiary/aromatic N) is 2. The molecule has 0 N–H and O–H groups in total. The lowest BCUT2D eigenvalue weighted by molar-refractivity contribution is -0.136. The van der Waals surface area contributed by atoms with Crippen molar-refractivity contribution >= 4 is 29.6 Å². The van der Waals surface area contributed by atoms with Crippen molar-refractivity contribution in [2.24, 2.45) is 5.92 Å². The minimum absolute atomic E-state index is 0.0279. The second-order valence-electron chi connectivity index (χ2n) is 8.27. The molecule has 7 heteroatoms. The Labute approximate surface area is 178 Å².